The molecule has 0 fully saturated rings. The Labute approximate surface area is 78.3 Å². The largest absolute Gasteiger partial charge is 0.370 e. The number of hydrogen-bond donors (Lipinski definition) is 2. The summed E-state index contributed by atoms with van der Waals surface area (Å²) in [7, 11) is 0. The van der Waals surface area contributed by atoms with Crippen LogP contribution in [0.5, 0.6) is 0 Å². The van der Waals surface area contributed by atoms with Crippen molar-refractivity contribution >= 4 is 5.91 Å². The van der Waals surface area contributed by atoms with Gasteiger partial charge in [0.05, 0.1) is 6.54 Å². The summed E-state index contributed by atoms with van der Waals surface area (Å²) in [4.78, 5) is 12.4. The van der Waals surface area contributed by atoms with Crippen LogP contribution in [0, 0.1) is 0 Å². The third-order valence-electron chi connectivity index (χ3n) is 1.60. The molecule has 0 heterocycles. The van der Waals surface area contributed by atoms with Gasteiger partial charge in [0, 0.05) is 6.54 Å². The summed E-state index contributed by atoms with van der Waals surface area (Å²) in [6.45, 7) is 7.22. The SMILES string of the molecule is C=CCCN(C(=O)CN)C(O)C=C. The lowest BCUT2D eigenvalue weighted by Gasteiger charge is -2.24. The predicted octanol–water partition coefficient (Wildman–Crippen LogP) is -0.146. The fourth-order valence-corrected chi connectivity index (χ4v) is 0.879. The quantitative estimate of drug-likeness (QED) is 0.446. The highest BCUT2D eigenvalue weighted by molar-refractivity contribution is 5.78. The van der Waals surface area contributed by atoms with Crippen molar-refractivity contribution in [2.45, 2.75) is 12.6 Å². The van der Waals surface area contributed by atoms with E-state index in [1.54, 1.807) is 6.08 Å². The number of aliphatic hydroxyl groups excluding tert-OH is 1. The van der Waals surface area contributed by atoms with Gasteiger partial charge in [-0.1, -0.05) is 12.7 Å². The van der Waals surface area contributed by atoms with E-state index in [-0.39, 0.29) is 12.5 Å². The average Bonchev–Trinajstić information content (AvgIpc) is 2.17. The highest BCUT2D eigenvalue weighted by atomic mass is 16.3. The fourth-order valence-electron chi connectivity index (χ4n) is 0.879. The molecular weight excluding hydrogens is 168 g/mol. The number of nitrogens with zero attached hydrogens (tertiary/aromatic N) is 1. The van der Waals surface area contributed by atoms with Crippen LogP contribution in [0.1, 0.15) is 6.42 Å². The minimum Gasteiger partial charge on any atom is -0.370 e. The number of hydrogen-bond acceptors (Lipinski definition) is 3. The molecule has 13 heavy (non-hydrogen) atoms. The fraction of sp³-hybridized carbons (Fsp3) is 0.444. The summed E-state index contributed by atoms with van der Waals surface area (Å²) >= 11 is 0. The van der Waals surface area contributed by atoms with Gasteiger partial charge in [0.15, 0.2) is 0 Å². The molecule has 0 spiro atoms. The molecule has 74 valence electrons. The number of nitrogens with two attached hydrogens (primary N) is 1. The lowest BCUT2D eigenvalue weighted by Crippen LogP contribution is -2.43. The van der Waals surface area contributed by atoms with E-state index >= 15 is 0 Å². The average molecular weight is 184 g/mol. The summed E-state index contributed by atoms with van der Waals surface area (Å²) in [6, 6.07) is 0. The highest BCUT2D eigenvalue weighted by Gasteiger charge is 2.16. The Hall–Kier alpha value is -1.13. The van der Waals surface area contributed by atoms with Crippen molar-refractivity contribution in [2.24, 2.45) is 5.73 Å². The summed E-state index contributed by atoms with van der Waals surface area (Å²) in [5.74, 6) is -0.297. The first-order chi connectivity index (χ1) is 6.17. The van der Waals surface area contributed by atoms with E-state index in [1.807, 2.05) is 0 Å². The highest BCUT2D eigenvalue weighted by Crippen LogP contribution is 1.99. The van der Waals surface area contributed by atoms with Crippen LogP contribution >= 0.6 is 0 Å². The van der Waals surface area contributed by atoms with Crippen molar-refractivity contribution < 1.29 is 9.90 Å². The van der Waals surface area contributed by atoms with Crippen molar-refractivity contribution in [3.63, 3.8) is 0 Å². The van der Waals surface area contributed by atoms with E-state index in [0.29, 0.717) is 13.0 Å². The lowest BCUT2D eigenvalue weighted by molar-refractivity contribution is -0.136. The minimum atomic E-state index is -0.962. The number of amides is 1. The molecule has 0 saturated carbocycles. The zero-order valence-corrected chi connectivity index (χ0v) is 7.65. The van der Waals surface area contributed by atoms with Crippen molar-refractivity contribution in [1.82, 2.24) is 4.90 Å². The van der Waals surface area contributed by atoms with Crippen LogP contribution in [-0.4, -0.2) is 35.2 Å². The van der Waals surface area contributed by atoms with Crippen LogP contribution in [0.4, 0.5) is 0 Å². The van der Waals surface area contributed by atoms with Crippen LogP contribution in [0.3, 0.4) is 0 Å². The summed E-state index contributed by atoms with van der Waals surface area (Å²) in [6.07, 6.45) is 2.62. The van der Waals surface area contributed by atoms with Crippen LogP contribution in [0.25, 0.3) is 0 Å². The maximum atomic E-state index is 11.2. The molecule has 0 aliphatic heterocycles. The first-order valence-electron chi connectivity index (χ1n) is 4.08. The Morgan fingerprint density at radius 3 is 2.62 bits per heavy atom. The Balaban J connectivity index is 4.25. The van der Waals surface area contributed by atoms with Crippen LogP contribution in [-0.2, 0) is 4.79 Å². The van der Waals surface area contributed by atoms with Gasteiger partial charge in [-0.15, -0.1) is 6.58 Å². The van der Waals surface area contributed by atoms with Gasteiger partial charge >= 0.3 is 0 Å². The molecule has 4 nitrogen and oxygen atoms in total. The van der Waals surface area contributed by atoms with Crippen LogP contribution in [0.2, 0.25) is 0 Å². The van der Waals surface area contributed by atoms with Crippen molar-refractivity contribution in [1.29, 1.82) is 0 Å². The van der Waals surface area contributed by atoms with E-state index in [9.17, 15) is 9.90 Å². The smallest absolute Gasteiger partial charge is 0.238 e. The normalized spacial score (nSPS) is 11.8. The van der Waals surface area contributed by atoms with E-state index in [2.05, 4.69) is 13.2 Å². The second-order valence-electron chi connectivity index (χ2n) is 2.52. The number of carbonyl (C=O) groups is 1. The molecule has 1 amide bonds. The van der Waals surface area contributed by atoms with Gasteiger partial charge in [-0.25, -0.2) is 0 Å². The van der Waals surface area contributed by atoms with Gasteiger partial charge in [0.1, 0.15) is 6.23 Å². The van der Waals surface area contributed by atoms with E-state index in [0.717, 1.165) is 0 Å². The van der Waals surface area contributed by atoms with Crippen molar-refractivity contribution in [3.8, 4) is 0 Å². The standard InChI is InChI=1S/C9H16N2O2/c1-3-5-6-11(8(12)4-2)9(13)7-10/h3-4,8,12H,1-2,5-7,10H2. The molecule has 0 rings (SSSR count). The van der Waals surface area contributed by atoms with E-state index in [1.165, 1.54) is 11.0 Å². The van der Waals surface area contributed by atoms with Gasteiger partial charge in [0.2, 0.25) is 5.91 Å². The van der Waals surface area contributed by atoms with Gasteiger partial charge in [-0.3, -0.25) is 4.79 Å². The molecule has 0 saturated heterocycles. The summed E-state index contributed by atoms with van der Waals surface area (Å²) < 4.78 is 0. The molecular formula is C9H16N2O2. The Morgan fingerprint density at radius 1 is 1.62 bits per heavy atom. The second kappa shape index (κ2) is 6.39. The first-order valence-corrected chi connectivity index (χ1v) is 4.08. The molecule has 0 aliphatic carbocycles. The molecule has 1 unspecified atom stereocenters. The van der Waals surface area contributed by atoms with E-state index in [4.69, 9.17) is 5.73 Å². The Bertz CT molecular complexity index is 192. The summed E-state index contributed by atoms with van der Waals surface area (Å²) in [5, 5.41) is 9.34. The van der Waals surface area contributed by atoms with Crippen molar-refractivity contribution in [3.05, 3.63) is 25.3 Å². The third kappa shape index (κ3) is 3.87. The third-order valence-corrected chi connectivity index (χ3v) is 1.60. The molecule has 0 bridgehead atoms. The molecule has 0 radical (unpaired) electrons. The number of carbonyl (C=O) groups excluding carboxylic acids is 1. The van der Waals surface area contributed by atoms with E-state index < -0.39 is 6.23 Å². The molecule has 0 aliphatic rings. The van der Waals surface area contributed by atoms with Gasteiger partial charge in [0.25, 0.3) is 0 Å². The first kappa shape index (κ1) is 11.9. The van der Waals surface area contributed by atoms with Crippen molar-refractivity contribution in [2.75, 3.05) is 13.1 Å². The van der Waals surface area contributed by atoms with Gasteiger partial charge in [-0.05, 0) is 12.5 Å². The summed E-state index contributed by atoms with van der Waals surface area (Å²) in [5.41, 5.74) is 5.17. The maximum absolute atomic E-state index is 11.2. The Morgan fingerprint density at radius 2 is 2.23 bits per heavy atom. The maximum Gasteiger partial charge on any atom is 0.238 e. The molecule has 0 aromatic heterocycles. The zero-order chi connectivity index (χ0) is 10.3. The monoisotopic (exact) mass is 184 g/mol. The predicted molar refractivity (Wildman–Crippen MR) is 51.8 cm³/mol. The van der Waals surface area contributed by atoms with Gasteiger partial charge in [-0.2, -0.15) is 0 Å². The number of aliphatic hydroxyl groups is 1. The lowest BCUT2D eigenvalue weighted by atomic mass is 10.3. The zero-order valence-electron chi connectivity index (χ0n) is 7.65. The molecule has 1 atom stereocenters. The van der Waals surface area contributed by atoms with Crippen LogP contribution in [0.15, 0.2) is 25.3 Å². The van der Waals surface area contributed by atoms with Crippen LogP contribution < -0.4 is 5.73 Å². The molecule has 4 heteroatoms. The molecule has 0 aromatic rings. The topological polar surface area (TPSA) is 66.6 Å². The minimum absolute atomic E-state index is 0.109. The van der Waals surface area contributed by atoms with Gasteiger partial charge < -0.3 is 15.7 Å². The molecule has 0 aromatic carbocycles. The second-order valence-corrected chi connectivity index (χ2v) is 2.52. The molecule has 3 N–H and O–H groups in total. The number of rotatable bonds is 6. The Kier molecular flexibility index (Phi) is 5.84.